The molecule has 0 bridgehead atoms. The van der Waals surface area contributed by atoms with E-state index in [1.807, 2.05) is 6.07 Å². The van der Waals surface area contributed by atoms with Crippen molar-refractivity contribution in [1.29, 1.82) is 0 Å². The summed E-state index contributed by atoms with van der Waals surface area (Å²) in [6.45, 7) is 7.06. The normalized spacial score (nSPS) is 17.6. The third-order valence-electron chi connectivity index (χ3n) is 5.45. The van der Waals surface area contributed by atoms with Crippen molar-refractivity contribution in [3.63, 3.8) is 0 Å². The summed E-state index contributed by atoms with van der Waals surface area (Å²) in [5, 5.41) is 0.189. The first-order chi connectivity index (χ1) is 13.0. The first kappa shape index (κ1) is 18.3. The Labute approximate surface area is 165 Å². The van der Waals surface area contributed by atoms with E-state index in [0.717, 1.165) is 31.6 Å². The van der Waals surface area contributed by atoms with Crippen LogP contribution in [0.15, 0.2) is 54.7 Å². The van der Waals surface area contributed by atoms with Gasteiger partial charge in [-0.15, -0.1) is 0 Å². The summed E-state index contributed by atoms with van der Waals surface area (Å²) < 4.78 is 16.0. The second-order valence-corrected chi connectivity index (χ2v) is 7.87. The van der Waals surface area contributed by atoms with E-state index in [2.05, 4.69) is 59.8 Å². The summed E-state index contributed by atoms with van der Waals surface area (Å²) in [4.78, 5) is 2.49. The van der Waals surface area contributed by atoms with E-state index in [0.29, 0.717) is 0 Å². The van der Waals surface area contributed by atoms with E-state index < -0.39 is 0 Å². The maximum atomic E-state index is 13.6. The number of halogens is 2. The van der Waals surface area contributed by atoms with Gasteiger partial charge in [-0.05, 0) is 61.2 Å². The van der Waals surface area contributed by atoms with Crippen LogP contribution in [0.4, 0.5) is 4.39 Å². The van der Waals surface area contributed by atoms with Crippen molar-refractivity contribution in [2.45, 2.75) is 39.4 Å². The van der Waals surface area contributed by atoms with E-state index in [4.69, 9.17) is 11.6 Å². The second kappa shape index (κ2) is 7.49. The van der Waals surface area contributed by atoms with E-state index in [1.54, 1.807) is 6.07 Å². The number of fused-ring (bicyclic) bond motifs is 1. The molecule has 0 saturated carbocycles. The van der Waals surface area contributed by atoms with E-state index in [9.17, 15) is 4.39 Å². The fraction of sp³-hybridized carbons (Fsp3) is 0.304. The average Bonchev–Trinajstić information content (AvgIpc) is 3.03. The predicted molar refractivity (Wildman–Crippen MR) is 109 cm³/mol. The lowest BCUT2D eigenvalue weighted by Gasteiger charge is -2.32. The number of hydrogen-bond donors (Lipinski definition) is 0. The molecule has 2 nitrogen and oxygen atoms in total. The van der Waals surface area contributed by atoms with Crippen molar-refractivity contribution in [2.24, 2.45) is 0 Å². The molecule has 2 heterocycles. The highest BCUT2D eigenvalue weighted by Crippen LogP contribution is 2.35. The molecular formula is C23H24ClFN2. The van der Waals surface area contributed by atoms with Crippen LogP contribution >= 0.6 is 11.6 Å². The minimum absolute atomic E-state index is 0.172. The number of aromatic nitrogens is 1. The van der Waals surface area contributed by atoms with Crippen LogP contribution in [0.5, 0.6) is 0 Å². The van der Waals surface area contributed by atoms with Crippen molar-refractivity contribution in [3.8, 4) is 0 Å². The number of rotatable bonds is 3. The van der Waals surface area contributed by atoms with Crippen LogP contribution in [-0.4, -0.2) is 16.0 Å². The van der Waals surface area contributed by atoms with E-state index in [-0.39, 0.29) is 16.9 Å². The molecule has 140 valence electrons. The topological polar surface area (TPSA) is 8.17 Å². The monoisotopic (exact) mass is 382 g/mol. The predicted octanol–water partition coefficient (Wildman–Crippen LogP) is 5.89. The summed E-state index contributed by atoms with van der Waals surface area (Å²) in [5.41, 5.74) is 6.25. The SMILES string of the molecule is Cc1ccc(C)c([C@H]2c3cccn3CCCN2Cc2ccc(F)c(Cl)c2)c1. The minimum Gasteiger partial charge on any atom is -0.350 e. The molecule has 0 N–H and O–H groups in total. The Kier molecular flexibility index (Phi) is 5.07. The lowest BCUT2D eigenvalue weighted by Crippen LogP contribution is -2.30. The molecule has 0 unspecified atom stereocenters. The number of aryl methyl sites for hydroxylation is 3. The zero-order valence-electron chi connectivity index (χ0n) is 15.8. The average molecular weight is 383 g/mol. The molecule has 1 aliphatic heterocycles. The number of hydrogen-bond acceptors (Lipinski definition) is 1. The highest BCUT2D eigenvalue weighted by atomic mass is 35.5. The molecule has 1 aromatic heterocycles. The smallest absolute Gasteiger partial charge is 0.141 e. The molecule has 1 atom stereocenters. The Morgan fingerprint density at radius 1 is 1.07 bits per heavy atom. The first-order valence-corrected chi connectivity index (χ1v) is 9.81. The molecule has 0 radical (unpaired) electrons. The van der Waals surface area contributed by atoms with Gasteiger partial charge < -0.3 is 4.57 Å². The molecule has 0 fully saturated rings. The van der Waals surface area contributed by atoms with Crippen molar-refractivity contribution in [2.75, 3.05) is 6.54 Å². The second-order valence-electron chi connectivity index (χ2n) is 7.46. The molecule has 0 amide bonds. The van der Waals surface area contributed by atoms with Gasteiger partial charge in [0.15, 0.2) is 0 Å². The molecule has 0 aliphatic carbocycles. The van der Waals surface area contributed by atoms with Crippen LogP contribution in [-0.2, 0) is 13.1 Å². The van der Waals surface area contributed by atoms with Crippen LogP contribution in [0.2, 0.25) is 5.02 Å². The molecule has 27 heavy (non-hydrogen) atoms. The fourth-order valence-electron chi connectivity index (χ4n) is 4.09. The lowest BCUT2D eigenvalue weighted by molar-refractivity contribution is 0.219. The minimum atomic E-state index is -0.365. The summed E-state index contributed by atoms with van der Waals surface area (Å²) in [6.07, 6.45) is 3.25. The Bertz CT molecular complexity index is 963. The molecule has 2 aromatic carbocycles. The zero-order chi connectivity index (χ0) is 19.0. The number of benzene rings is 2. The van der Waals surface area contributed by atoms with Crippen LogP contribution in [0.25, 0.3) is 0 Å². The number of nitrogens with zero attached hydrogens (tertiary/aromatic N) is 2. The van der Waals surface area contributed by atoms with Gasteiger partial charge in [0.1, 0.15) is 5.82 Å². The third-order valence-corrected chi connectivity index (χ3v) is 5.74. The zero-order valence-corrected chi connectivity index (χ0v) is 16.5. The van der Waals surface area contributed by atoms with Crippen LogP contribution in [0, 0.1) is 19.7 Å². The van der Waals surface area contributed by atoms with Gasteiger partial charge in [-0.1, -0.05) is 41.4 Å². The molecule has 4 heteroatoms. The van der Waals surface area contributed by atoms with Crippen LogP contribution in [0.1, 0.15) is 40.4 Å². The Morgan fingerprint density at radius 2 is 1.93 bits per heavy atom. The van der Waals surface area contributed by atoms with Gasteiger partial charge in [-0.2, -0.15) is 0 Å². The summed E-state index contributed by atoms with van der Waals surface area (Å²) >= 11 is 6.03. The quantitative estimate of drug-likeness (QED) is 0.548. The van der Waals surface area contributed by atoms with Gasteiger partial charge in [-0.3, -0.25) is 4.90 Å². The maximum Gasteiger partial charge on any atom is 0.141 e. The van der Waals surface area contributed by atoms with Gasteiger partial charge >= 0.3 is 0 Å². The standard InChI is InChI=1S/C23H24ClFN2/c1-16-6-7-17(2)19(13-16)23-22-5-3-10-26(22)11-4-12-27(23)15-18-8-9-21(25)20(24)14-18/h3,5-10,13-14,23H,4,11-12,15H2,1-2H3/t23-/m0/s1. The van der Waals surface area contributed by atoms with Crippen molar-refractivity contribution < 1.29 is 4.39 Å². The third kappa shape index (κ3) is 3.67. The van der Waals surface area contributed by atoms with Gasteiger partial charge in [0.2, 0.25) is 0 Å². The largest absolute Gasteiger partial charge is 0.350 e. The Hall–Kier alpha value is -2.10. The summed E-state index contributed by atoms with van der Waals surface area (Å²) in [6, 6.07) is 16.2. The van der Waals surface area contributed by atoms with E-state index in [1.165, 1.54) is 28.5 Å². The summed E-state index contributed by atoms with van der Waals surface area (Å²) in [5.74, 6) is -0.365. The molecule has 1 aliphatic rings. The molecule has 0 saturated heterocycles. The molecule has 3 aromatic rings. The highest BCUT2D eigenvalue weighted by Gasteiger charge is 2.28. The van der Waals surface area contributed by atoms with Crippen LogP contribution < -0.4 is 0 Å². The van der Waals surface area contributed by atoms with E-state index >= 15 is 0 Å². The molecule has 4 rings (SSSR count). The maximum absolute atomic E-state index is 13.6. The van der Waals surface area contributed by atoms with Gasteiger partial charge in [-0.25, -0.2) is 4.39 Å². The fourth-order valence-corrected chi connectivity index (χ4v) is 4.30. The summed E-state index contributed by atoms with van der Waals surface area (Å²) in [7, 11) is 0. The lowest BCUT2D eigenvalue weighted by atomic mass is 9.95. The Balaban J connectivity index is 1.78. The van der Waals surface area contributed by atoms with Gasteiger partial charge in [0.25, 0.3) is 0 Å². The molecular weight excluding hydrogens is 359 g/mol. The highest BCUT2D eigenvalue weighted by molar-refractivity contribution is 6.30. The van der Waals surface area contributed by atoms with Crippen molar-refractivity contribution >= 4 is 11.6 Å². The Morgan fingerprint density at radius 3 is 2.74 bits per heavy atom. The van der Waals surface area contributed by atoms with Gasteiger partial charge in [0.05, 0.1) is 11.1 Å². The van der Waals surface area contributed by atoms with Gasteiger partial charge in [0, 0.05) is 31.5 Å². The van der Waals surface area contributed by atoms with Crippen molar-refractivity contribution in [3.05, 3.63) is 93.5 Å². The van der Waals surface area contributed by atoms with Crippen LogP contribution in [0.3, 0.4) is 0 Å². The van der Waals surface area contributed by atoms with Crippen molar-refractivity contribution in [1.82, 2.24) is 9.47 Å². The first-order valence-electron chi connectivity index (χ1n) is 9.43. The molecule has 0 spiro atoms.